The molecule has 106 valence electrons. The van der Waals surface area contributed by atoms with Gasteiger partial charge in [0, 0.05) is 31.5 Å². The lowest BCUT2D eigenvalue weighted by atomic mass is 10.1. The molecule has 0 aromatic heterocycles. The molecule has 1 aliphatic rings. The molecule has 1 atom stereocenters. The fraction of sp³-hybridized carbons (Fsp3) is 0.929. The summed E-state index contributed by atoms with van der Waals surface area (Å²) in [5.74, 6) is 0.752. The largest absolute Gasteiger partial charge is 0.378 e. The van der Waals surface area contributed by atoms with Crippen molar-refractivity contribution in [2.24, 2.45) is 0 Å². The van der Waals surface area contributed by atoms with Crippen molar-refractivity contribution in [3.8, 4) is 0 Å². The molecule has 18 heavy (non-hydrogen) atoms. The number of alkyl halides is 1. The molecule has 0 spiro atoms. The SMILES string of the molecule is CCC(CC)N(CCCl)C(=O)CCC1CCCO1. The minimum Gasteiger partial charge on any atom is -0.378 e. The molecule has 1 saturated heterocycles. The van der Waals surface area contributed by atoms with Crippen LogP contribution in [0.25, 0.3) is 0 Å². The summed E-state index contributed by atoms with van der Waals surface area (Å²) in [6.07, 6.45) is 5.99. The molecule has 0 radical (unpaired) electrons. The molecule has 1 fully saturated rings. The number of ether oxygens (including phenoxy) is 1. The lowest BCUT2D eigenvalue weighted by Gasteiger charge is -2.30. The van der Waals surface area contributed by atoms with Gasteiger partial charge in [0.2, 0.25) is 5.91 Å². The first-order chi connectivity index (χ1) is 8.72. The summed E-state index contributed by atoms with van der Waals surface area (Å²) in [4.78, 5) is 14.2. The summed E-state index contributed by atoms with van der Waals surface area (Å²) >= 11 is 5.81. The highest BCUT2D eigenvalue weighted by molar-refractivity contribution is 6.18. The zero-order valence-electron chi connectivity index (χ0n) is 11.7. The lowest BCUT2D eigenvalue weighted by molar-refractivity contribution is -0.134. The zero-order chi connectivity index (χ0) is 13.4. The fourth-order valence-corrected chi connectivity index (χ4v) is 2.81. The Morgan fingerprint density at radius 2 is 2.17 bits per heavy atom. The minimum atomic E-state index is 0.236. The predicted octanol–water partition coefficient (Wildman–Crippen LogP) is 3.20. The predicted molar refractivity (Wildman–Crippen MR) is 75.0 cm³/mol. The molecule has 4 heteroatoms. The average Bonchev–Trinajstić information content (AvgIpc) is 2.89. The van der Waals surface area contributed by atoms with Crippen LogP contribution in [0.2, 0.25) is 0 Å². The van der Waals surface area contributed by atoms with Crippen molar-refractivity contribution in [3.05, 3.63) is 0 Å². The van der Waals surface area contributed by atoms with Gasteiger partial charge in [0.05, 0.1) is 6.10 Å². The van der Waals surface area contributed by atoms with E-state index in [0.29, 0.717) is 31.0 Å². The van der Waals surface area contributed by atoms with Crippen LogP contribution in [0.4, 0.5) is 0 Å². The summed E-state index contributed by atoms with van der Waals surface area (Å²) in [5, 5.41) is 0. The Labute approximate surface area is 116 Å². The Morgan fingerprint density at radius 3 is 2.67 bits per heavy atom. The third-order valence-electron chi connectivity index (χ3n) is 3.73. The highest BCUT2D eigenvalue weighted by atomic mass is 35.5. The molecule has 0 bridgehead atoms. The van der Waals surface area contributed by atoms with Crippen molar-refractivity contribution in [2.75, 3.05) is 19.0 Å². The summed E-state index contributed by atoms with van der Waals surface area (Å²) in [5.41, 5.74) is 0. The summed E-state index contributed by atoms with van der Waals surface area (Å²) in [7, 11) is 0. The van der Waals surface area contributed by atoms with E-state index in [-0.39, 0.29) is 5.91 Å². The maximum atomic E-state index is 12.3. The van der Waals surface area contributed by atoms with Gasteiger partial charge in [-0.1, -0.05) is 13.8 Å². The van der Waals surface area contributed by atoms with Crippen LogP contribution in [-0.2, 0) is 9.53 Å². The van der Waals surface area contributed by atoms with Gasteiger partial charge in [0.1, 0.15) is 0 Å². The molecule has 1 heterocycles. The number of hydrogen-bond acceptors (Lipinski definition) is 2. The second-order valence-electron chi connectivity index (χ2n) is 4.92. The number of carbonyl (C=O) groups is 1. The molecule has 1 unspecified atom stereocenters. The first-order valence-corrected chi connectivity index (χ1v) is 7.73. The van der Waals surface area contributed by atoms with Gasteiger partial charge in [-0.25, -0.2) is 0 Å². The summed E-state index contributed by atoms with van der Waals surface area (Å²) in [6.45, 7) is 5.78. The number of carbonyl (C=O) groups excluding carboxylic acids is 1. The first-order valence-electron chi connectivity index (χ1n) is 7.19. The molecule has 1 amide bonds. The van der Waals surface area contributed by atoms with Crippen LogP contribution in [0.3, 0.4) is 0 Å². The molecular weight excluding hydrogens is 250 g/mol. The van der Waals surface area contributed by atoms with E-state index in [4.69, 9.17) is 16.3 Å². The van der Waals surface area contributed by atoms with Crippen LogP contribution in [0.1, 0.15) is 52.4 Å². The first kappa shape index (κ1) is 15.8. The van der Waals surface area contributed by atoms with Crippen molar-refractivity contribution >= 4 is 17.5 Å². The van der Waals surface area contributed by atoms with E-state index >= 15 is 0 Å². The smallest absolute Gasteiger partial charge is 0.222 e. The van der Waals surface area contributed by atoms with Gasteiger partial charge in [-0.2, -0.15) is 0 Å². The third kappa shape index (κ3) is 4.77. The van der Waals surface area contributed by atoms with Gasteiger partial charge < -0.3 is 9.64 Å². The van der Waals surface area contributed by atoms with E-state index in [1.54, 1.807) is 0 Å². The molecule has 0 aromatic rings. The lowest BCUT2D eigenvalue weighted by Crippen LogP contribution is -2.41. The van der Waals surface area contributed by atoms with Gasteiger partial charge in [0.25, 0.3) is 0 Å². The van der Waals surface area contributed by atoms with E-state index in [1.165, 1.54) is 0 Å². The standard InChI is InChI=1S/C14H26ClNO2/c1-3-12(4-2)16(10-9-15)14(17)8-7-13-6-5-11-18-13/h12-13H,3-11H2,1-2H3. The second kappa shape index (κ2) is 8.76. The highest BCUT2D eigenvalue weighted by Crippen LogP contribution is 2.18. The van der Waals surface area contributed by atoms with Gasteiger partial charge in [-0.3, -0.25) is 4.79 Å². The quantitative estimate of drug-likeness (QED) is 0.637. The van der Waals surface area contributed by atoms with E-state index in [2.05, 4.69) is 13.8 Å². The van der Waals surface area contributed by atoms with Crippen LogP contribution in [0.15, 0.2) is 0 Å². The summed E-state index contributed by atoms with van der Waals surface area (Å²) in [6, 6.07) is 0.334. The van der Waals surface area contributed by atoms with Gasteiger partial charge >= 0.3 is 0 Å². The Hall–Kier alpha value is -0.280. The molecule has 0 N–H and O–H groups in total. The zero-order valence-corrected chi connectivity index (χ0v) is 12.4. The van der Waals surface area contributed by atoms with Crippen LogP contribution < -0.4 is 0 Å². The molecule has 0 aliphatic carbocycles. The van der Waals surface area contributed by atoms with E-state index in [1.807, 2.05) is 4.90 Å². The number of rotatable bonds is 8. The Balaban J connectivity index is 2.42. The van der Waals surface area contributed by atoms with E-state index < -0.39 is 0 Å². The van der Waals surface area contributed by atoms with Crippen molar-refractivity contribution in [1.82, 2.24) is 4.90 Å². The van der Waals surface area contributed by atoms with Crippen molar-refractivity contribution in [1.29, 1.82) is 0 Å². The van der Waals surface area contributed by atoms with E-state index in [9.17, 15) is 4.79 Å². The monoisotopic (exact) mass is 275 g/mol. The maximum absolute atomic E-state index is 12.3. The minimum absolute atomic E-state index is 0.236. The maximum Gasteiger partial charge on any atom is 0.222 e. The van der Waals surface area contributed by atoms with Crippen LogP contribution in [-0.4, -0.2) is 42.0 Å². The van der Waals surface area contributed by atoms with Crippen LogP contribution in [0.5, 0.6) is 0 Å². The van der Waals surface area contributed by atoms with Crippen molar-refractivity contribution < 1.29 is 9.53 Å². The van der Waals surface area contributed by atoms with Crippen LogP contribution >= 0.6 is 11.6 Å². The second-order valence-corrected chi connectivity index (χ2v) is 5.30. The third-order valence-corrected chi connectivity index (χ3v) is 3.90. The Bertz CT molecular complexity index is 238. The number of hydrogen-bond donors (Lipinski definition) is 0. The summed E-state index contributed by atoms with van der Waals surface area (Å²) < 4.78 is 5.56. The molecule has 3 nitrogen and oxygen atoms in total. The molecular formula is C14H26ClNO2. The fourth-order valence-electron chi connectivity index (χ4n) is 2.63. The number of nitrogens with zero attached hydrogens (tertiary/aromatic N) is 1. The normalized spacial score (nSPS) is 19.4. The molecule has 0 aromatic carbocycles. The van der Waals surface area contributed by atoms with E-state index in [0.717, 1.165) is 38.7 Å². The van der Waals surface area contributed by atoms with Crippen molar-refractivity contribution in [2.45, 2.75) is 64.5 Å². The highest BCUT2D eigenvalue weighted by Gasteiger charge is 2.22. The molecule has 0 saturated carbocycles. The van der Waals surface area contributed by atoms with Crippen molar-refractivity contribution in [3.63, 3.8) is 0 Å². The average molecular weight is 276 g/mol. The molecule has 1 rings (SSSR count). The topological polar surface area (TPSA) is 29.5 Å². The number of halogens is 1. The Kier molecular flexibility index (Phi) is 7.68. The molecule has 1 aliphatic heterocycles. The van der Waals surface area contributed by atoms with Gasteiger partial charge in [0.15, 0.2) is 0 Å². The van der Waals surface area contributed by atoms with Gasteiger partial charge in [-0.05, 0) is 32.1 Å². The number of amides is 1. The van der Waals surface area contributed by atoms with Gasteiger partial charge in [-0.15, -0.1) is 11.6 Å². The Morgan fingerprint density at radius 1 is 1.44 bits per heavy atom. The van der Waals surface area contributed by atoms with Crippen LogP contribution in [0, 0.1) is 0 Å².